The Labute approximate surface area is 182 Å². The van der Waals surface area contributed by atoms with Gasteiger partial charge in [0.1, 0.15) is 6.10 Å². The zero-order chi connectivity index (χ0) is 21.2. The normalized spacial score (nSPS) is 11.9. The van der Waals surface area contributed by atoms with Crippen LogP contribution in [0.25, 0.3) is 0 Å². The van der Waals surface area contributed by atoms with Crippen molar-refractivity contribution in [2.24, 2.45) is 0 Å². The van der Waals surface area contributed by atoms with Crippen molar-refractivity contribution >= 4 is 29.3 Å². The number of hydrogen-bond donors (Lipinski definition) is 1. The molecule has 0 bridgehead atoms. The molecular weight excluding hydrogens is 410 g/mol. The van der Waals surface area contributed by atoms with E-state index in [2.05, 4.69) is 5.32 Å². The van der Waals surface area contributed by atoms with Crippen molar-refractivity contribution in [3.8, 4) is 11.5 Å². The number of amides is 1. The molecule has 0 unspecified atom stereocenters. The van der Waals surface area contributed by atoms with Gasteiger partial charge in [-0.2, -0.15) is 0 Å². The van der Waals surface area contributed by atoms with E-state index in [0.717, 1.165) is 10.5 Å². The van der Waals surface area contributed by atoms with Crippen LogP contribution in [0.5, 0.6) is 11.5 Å². The van der Waals surface area contributed by atoms with Crippen LogP contribution in [0, 0.1) is 0 Å². The van der Waals surface area contributed by atoms with Crippen LogP contribution in [0.1, 0.15) is 19.4 Å². The Hall–Kier alpha value is -1.89. The first-order valence-corrected chi connectivity index (χ1v) is 10.8. The van der Waals surface area contributed by atoms with Crippen LogP contribution in [-0.4, -0.2) is 44.6 Å². The number of ether oxygens (including phenoxy) is 3. The van der Waals surface area contributed by atoms with Crippen molar-refractivity contribution in [1.82, 2.24) is 5.32 Å². The highest BCUT2D eigenvalue weighted by Crippen LogP contribution is 2.29. The Kier molecular flexibility index (Phi) is 9.64. The molecule has 0 aliphatic rings. The number of rotatable bonds is 11. The number of benzene rings is 2. The molecule has 0 fully saturated rings. The summed E-state index contributed by atoms with van der Waals surface area (Å²) in [5.41, 5.74) is 1.06. The Morgan fingerprint density at radius 1 is 1.10 bits per heavy atom. The van der Waals surface area contributed by atoms with Crippen molar-refractivity contribution in [2.75, 3.05) is 26.5 Å². The molecule has 0 aliphatic heterocycles. The molecule has 2 aromatic carbocycles. The Balaban J connectivity index is 1.83. The van der Waals surface area contributed by atoms with E-state index in [1.165, 1.54) is 0 Å². The molecule has 158 valence electrons. The summed E-state index contributed by atoms with van der Waals surface area (Å²) in [6.45, 7) is 4.46. The summed E-state index contributed by atoms with van der Waals surface area (Å²) < 4.78 is 16.5. The second-order valence-corrected chi connectivity index (χ2v) is 8.21. The number of halogens is 1. The topological polar surface area (TPSA) is 56.8 Å². The minimum Gasteiger partial charge on any atom is -0.493 e. The molecule has 0 heterocycles. The summed E-state index contributed by atoms with van der Waals surface area (Å²) in [5, 5.41) is 3.63. The number of methoxy groups -OCH3 is 2. The lowest BCUT2D eigenvalue weighted by Crippen LogP contribution is -2.38. The smallest absolute Gasteiger partial charge is 0.250 e. The summed E-state index contributed by atoms with van der Waals surface area (Å²) in [5.74, 6) is 1.81. The van der Waals surface area contributed by atoms with Crippen molar-refractivity contribution in [1.29, 1.82) is 0 Å². The molecule has 2 aromatic rings. The first-order valence-electron chi connectivity index (χ1n) is 9.45. The summed E-state index contributed by atoms with van der Waals surface area (Å²) >= 11 is 7.45. The molecule has 0 spiro atoms. The maximum atomic E-state index is 12.4. The zero-order valence-electron chi connectivity index (χ0n) is 17.2. The van der Waals surface area contributed by atoms with Crippen molar-refractivity contribution in [3.05, 3.63) is 53.1 Å². The van der Waals surface area contributed by atoms with Gasteiger partial charge in [0.2, 0.25) is 5.91 Å². The highest BCUT2D eigenvalue weighted by molar-refractivity contribution is 7.99. The first kappa shape index (κ1) is 23.4. The minimum absolute atomic E-state index is 0.0748. The lowest BCUT2D eigenvalue weighted by Gasteiger charge is -2.16. The third kappa shape index (κ3) is 7.80. The predicted molar refractivity (Wildman–Crippen MR) is 118 cm³/mol. The zero-order valence-corrected chi connectivity index (χ0v) is 18.8. The van der Waals surface area contributed by atoms with Gasteiger partial charge in [0, 0.05) is 29.3 Å². The highest BCUT2D eigenvalue weighted by atomic mass is 35.5. The summed E-state index contributed by atoms with van der Waals surface area (Å²) in [4.78, 5) is 13.5. The first-order chi connectivity index (χ1) is 13.9. The molecule has 0 aromatic heterocycles. The average Bonchev–Trinajstić information content (AvgIpc) is 2.70. The molecule has 0 radical (unpaired) electrons. The largest absolute Gasteiger partial charge is 0.493 e. The van der Waals surface area contributed by atoms with E-state index in [1.54, 1.807) is 26.0 Å². The average molecular weight is 438 g/mol. The van der Waals surface area contributed by atoms with Gasteiger partial charge < -0.3 is 19.5 Å². The molecule has 7 heteroatoms. The third-order valence-corrected chi connectivity index (χ3v) is 5.42. The van der Waals surface area contributed by atoms with Gasteiger partial charge in [-0.3, -0.25) is 4.79 Å². The van der Waals surface area contributed by atoms with Crippen LogP contribution in [0.2, 0.25) is 5.02 Å². The Morgan fingerprint density at radius 3 is 2.45 bits per heavy atom. The van der Waals surface area contributed by atoms with Gasteiger partial charge >= 0.3 is 0 Å². The number of hydrogen-bond acceptors (Lipinski definition) is 5. The Morgan fingerprint density at radius 2 is 1.83 bits per heavy atom. The third-order valence-electron chi connectivity index (χ3n) is 4.10. The van der Waals surface area contributed by atoms with Crippen LogP contribution in [0.4, 0.5) is 0 Å². The van der Waals surface area contributed by atoms with E-state index < -0.39 is 6.10 Å². The fourth-order valence-electron chi connectivity index (χ4n) is 2.62. The van der Waals surface area contributed by atoms with Gasteiger partial charge in [0.15, 0.2) is 11.5 Å². The second kappa shape index (κ2) is 12.0. The predicted octanol–water partition coefficient (Wildman–Crippen LogP) is 4.60. The summed E-state index contributed by atoms with van der Waals surface area (Å²) in [7, 11) is 3.17. The fourth-order valence-corrected chi connectivity index (χ4v) is 3.70. The van der Waals surface area contributed by atoms with Gasteiger partial charge in [-0.25, -0.2) is 0 Å². The van der Waals surface area contributed by atoms with Crippen molar-refractivity contribution < 1.29 is 19.0 Å². The summed E-state index contributed by atoms with van der Waals surface area (Å²) in [6, 6.07) is 13.3. The van der Waals surface area contributed by atoms with Crippen molar-refractivity contribution in [3.63, 3.8) is 0 Å². The van der Waals surface area contributed by atoms with Crippen LogP contribution in [-0.2, 0) is 16.0 Å². The SMILES string of the molecule is COc1cc(CCNC(=O)[C@@H](CSc2ccc(Cl)cc2)OC)ccc1OC(C)C. The van der Waals surface area contributed by atoms with Gasteiger partial charge in [-0.15, -0.1) is 11.8 Å². The van der Waals surface area contributed by atoms with Crippen LogP contribution in [0.15, 0.2) is 47.4 Å². The van der Waals surface area contributed by atoms with E-state index in [0.29, 0.717) is 35.2 Å². The molecule has 0 saturated carbocycles. The maximum absolute atomic E-state index is 12.4. The molecule has 2 rings (SSSR count). The number of thioether (sulfide) groups is 1. The monoisotopic (exact) mass is 437 g/mol. The number of nitrogens with one attached hydrogen (secondary N) is 1. The number of carbonyl (C=O) groups is 1. The minimum atomic E-state index is -0.521. The molecule has 1 atom stereocenters. The molecule has 1 amide bonds. The number of carbonyl (C=O) groups excluding carboxylic acids is 1. The molecule has 5 nitrogen and oxygen atoms in total. The van der Waals surface area contributed by atoms with E-state index in [1.807, 2.05) is 56.3 Å². The van der Waals surface area contributed by atoms with Gasteiger partial charge in [0.05, 0.1) is 13.2 Å². The fraction of sp³-hybridized carbons (Fsp3) is 0.409. The maximum Gasteiger partial charge on any atom is 0.250 e. The van der Waals surface area contributed by atoms with Crippen LogP contribution in [0.3, 0.4) is 0 Å². The molecule has 29 heavy (non-hydrogen) atoms. The highest BCUT2D eigenvalue weighted by Gasteiger charge is 2.18. The lowest BCUT2D eigenvalue weighted by molar-refractivity contribution is -0.129. The van der Waals surface area contributed by atoms with Crippen LogP contribution < -0.4 is 14.8 Å². The molecular formula is C22H28ClNO4S. The lowest BCUT2D eigenvalue weighted by atomic mass is 10.1. The quantitative estimate of drug-likeness (QED) is 0.520. The molecule has 1 N–H and O–H groups in total. The molecule has 0 aliphatic carbocycles. The standard InChI is InChI=1S/C22H28ClNO4S/c1-15(2)28-19-10-5-16(13-20(19)26-3)11-12-24-22(25)21(27-4)14-29-18-8-6-17(23)7-9-18/h5-10,13,15,21H,11-12,14H2,1-4H3,(H,24,25)/t21-/m1/s1. The van der Waals surface area contributed by atoms with Gasteiger partial charge in [0.25, 0.3) is 0 Å². The van der Waals surface area contributed by atoms with E-state index in [4.69, 9.17) is 25.8 Å². The summed E-state index contributed by atoms with van der Waals surface area (Å²) in [6.07, 6.45) is 0.239. The van der Waals surface area contributed by atoms with Crippen molar-refractivity contribution in [2.45, 2.75) is 37.4 Å². The molecule has 0 saturated heterocycles. The van der Waals surface area contributed by atoms with Gasteiger partial charge in [-0.1, -0.05) is 17.7 Å². The second-order valence-electron chi connectivity index (χ2n) is 6.68. The van der Waals surface area contributed by atoms with E-state index in [9.17, 15) is 4.79 Å². The van der Waals surface area contributed by atoms with Gasteiger partial charge in [-0.05, 0) is 62.2 Å². The van der Waals surface area contributed by atoms with E-state index in [-0.39, 0.29) is 12.0 Å². The van der Waals surface area contributed by atoms with Crippen LogP contribution >= 0.6 is 23.4 Å². The Bertz CT molecular complexity index is 783. The van der Waals surface area contributed by atoms with E-state index >= 15 is 0 Å².